The van der Waals surface area contributed by atoms with Gasteiger partial charge in [0.2, 0.25) is 0 Å². The van der Waals surface area contributed by atoms with Crippen LogP contribution < -0.4 is 10.1 Å². The number of piperazine rings is 1. The van der Waals surface area contributed by atoms with E-state index in [1.807, 2.05) is 20.9 Å². The highest BCUT2D eigenvalue weighted by atomic mass is 16.5. The van der Waals surface area contributed by atoms with E-state index in [-0.39, 0.29) is 6.10 Å². The topological polar surface area (TPSA) is 61.9 Å². The molecule has 0 saturated carbocycles. The summed E-state index contributed by atoms with van der Waals surface area (Å²) in [5, 5.41) is 2.63. The summed E-state index contributed by atoms with van der Waals surface area (Å²) in [4.78, 5) is 27.8. The fraction of sp³-hybridized carbons (Fsp3) is 0.500. The van der Waals surface area contributed by atoms with Crippen molar-refractivity contribution in [3.63, 3.8) is 0 Å². The molecule has 1 aliphatic rings. The van der Waals surface area contributed by atoms with Crippen molar-refractivity contribution in [3.05, 3.63) is 24.3 Å². The zero-order chi connectivity index (χ0) is 16.1. The third-order valence-corrected chi connectivity index (χ3v) is 3.47. The predicted molar refractivity (Wildman–Crippen MR) is 84.9 cm³/mol. The van der Waals surface area contributed by atoms with E-state index in [9.17, 15) is 9.59 Å². The molecule has 0 radical (unpaired) electrons. The van der Waals surface area contributed by atoms with Crippen molar-refractivity contribution >= 4 is 17.5 Å². The molecule has 1 N–H and O–H groups in total. The molecule has 0 spiro atoms. The second-order valence-corrected chi connectivity index (χ2v) is 5.74. The summed E-state index contributed by atoms with van der Waals surface area (Å²) < 4.78 is 5.53. The monoisotopic (exact) mass is 305 g/mol. The molecule has 1 aromatic rings. The average molecular weight is 305 g/mol. The number of hydrogen-bond donors (Lipinski definition) is 1. The second kappa shape index (κ2) is 7.26. The molecular formula is C16H23N3O3. The van der Waals surface area contributed by atoms with Gasteiger partial charge in [-0.1, -0.05) is 0 Å². The second-order valence-electron chi connectivity index (χ2n) is 5.74. The first-order valence-corrected chi connectivity index (χ1v) is 7.51. The molecule has 1 fully saturated rings. The number of nitrogens with one attached hydrogen (secondary N) is 1. The molecule has 22 heavy (non-hydrogen) atoms. The maximum absolute atomic E-state index is 12.1. The van der Waals surface area contributed by atoms with Crippen LogP contribution in [-0.4, -0.2) is 60.9 Å². The lowest BCUT2D eigenvalue weighted by Gasteiger charge is -2.31. The number of ether oxygens (including phenoxy) is 1. The van der Waals surface area contributed by atoms with Gasteiger partial charge in [-0.05, 0) is 45.2 Å². The highest BCUT2D eigenvalue weighted by molar-refractivity contribution is 6.39. The van der Waals surface area contributed by atoms with Crippen molar-refractivity contribution in [1.82, 2.24) is 9.80 Å². The minimum Gasteiger partial charge on any atom is -0.491 e. The van der Waals surface area contributed by atoms with Crippen LogP contribution in [0.4, 0.5) is 5.69 Å². The molecule has 0 aliphatic carbocycles. The Morgan fingerprint density at radius 2 is 1.68 bits per heavy atom. The first kappa shape index (κ1) is 16.3. The number of rotatable bonds is 3. The fourth-order valence-corrected chi connectivity index (χ4v) is 2.23. The Balaban J connectivity index is 1.89. The summed E-state index contributed by atoms with van der Waals surface area (Å²) in [5.74, 6) is -0.337. The fourth-order valence-electron chi connectivity index (χ4n) is 2.23. The Kier molecular flexibility index (Phi) is 5.38. The van der Waals surface area contributed by atoms with Gasteiger partial charge >= 0.3 is 11.8 Å². The van der Waals surface area contributed by atoms with Crippen LogP contribution in [0.1, 0.15) is 13.8 Å². The minimum atomic E-state index is -0.595. The number of likely N-dealkylation sites (N-methyl/N-ethyl adjacent to an activating group) is 1. The lowest BCUT2D eigenvalue weighted by Crippen LogP contribution is -2.50. The van der Waals surface area contributed by atoms with Crippen molar-refractivity contribution in [3.8, 4) is 5.75 Å². The summed E-state index contributed by atoms with van der Waals surface area (Å²) in [7, 11) is 2.00. The third kappa shape index (κ3) is 4.46. The maximum atomic E-state index is 12.1. The molecule has 2 rings (SSSR count). The number of benzene rings is 1. The normalized spacial score (nSPS) is 15.7. The minimum absolute atomic E-state index is 0.0965. The first-order chi connectivity index (χ1) is 10.5. The van der Waals surface area contributed by atoms with Crippen molar-refractivity contribution in [2.75, 3.05) is 38.5 Å². The average Bonchev–Trinajstić information content (AvgIpc) is 2.49. The van der Waals surface area contributed by atoms with Crippen molar-refractivity contribution in [2.45, 2.75) is 20.0 Å². The number of carbonyl (C=O) groups excluding carboxylic acids is 2. The van der Waals surface area contributed by atoms with Gasteiger partial charge in [-0.2, -0.15) is 0 Å². The Morgan fingerprint density at radius 1 is 1.09 bits per heavy atom. The van der Waals surface area contributed by atoms with Crippen LogP contribution in [-0.2, 0) is 9.59 Å². The Morgan fingerprint density at radius 3 is 2.23 bits per heavy atom. The van der Waals surface area contributed by atoms with E-state index in [4.69, 9.17) is 4.74 Å². The van der Waals surface area contributed by atoms with Gasteiger partial charge in [-0.15, -0.1) is 0 Å². The van der Waals surface area contributed by atoms with Crippen molar-refractivity contribution in [2.24, 2.45) is 0 Å². The molecule has 1 saturated heterocycles. The van der Waals surface area contributed by atoms with Gasteiger partial charge in [0.25, 0.3) is 0 Å². The summed E-state index contributed by atoms with van der Waals surface area (Å²) in [6.07, 6.45) is 0.0965. The highest BCUT2D eigenvalue weighted by Crippen LogP contribution is 2.17. The van der Waals surface area contributed by atoms with Crippen LogP contribution in [0.25, 0.3) is 0 Å². The van der Waals surface area contributed by atoms with Crippen LogP contribution in [0, 0.1) is 0 Å². The quantitative estimate of drug-likeness (QED) is 0.852. The molecule has 0 unspecified atom stereocenters. The standard InChI is InChI=1S/C16H23N3O3/c1-12(2)22-14-6-4-13(5-7-14)17-15(20)16(21)19-10-8-18(3)9-11-19/h4-7,12H,8-11H2,1-3H3,(H,17,20). The molecular weight excluding hydrogens is 282 g/mol. The molecule has 1 heterocycles. The largest absolute Gasteiger partial charge is 0.491 e. The molecule has 6 nitrogen and oxygen atoms in total. The van der Waals surface area contributed by atoms with Crippen LogP contribution >= 0.6 is 0 Å². The van der Waals surface area contributed by atoms with Gasteiger partial charge in [0.05, 0.1) is 6.10 Å². The smallest absolute Gasteiger partial charge is 0.313 e. The van der Waals surface area contributed by atoms with Gasteiger partial charge in [0, 0.05) is 31.9 Å². The molecule has 120 valence electrons. The molecule has 6 heteroatoms. The van der Waals surface area contributed by atoms with E-state index >= 15 is 0 Å². The number of hydrogen-bond acceptors (Lipinski definition) is 4. The van der Waals surface area contributed by atoms with Gasteiger partial charge in [0.1, 0.15) is 5.75 Å². The number of carbonyl (C=O) groups is 2. The van der Waals surface area contributed by atoms with Gasteiger partial charge in [-0.25, -0.2) is 0 Å². The highest BCUT2D eigenvalue weighted by Gasteiger charge is 2.24. The number of amides is 2. The van der Waals surface area contributed by atoms with Gasteiger partial charge in [0.15, 0.2) is 0 Å². The van der Waals surface area contributed by atoms with Gasteiger partial charge < -0.3 is 19.9 Å². The van der Waals surface area contributed by atoms with E-state index in [0.717, 1.165) is 18.8 Å². The Hall–Kier alpha value is -2.08. The zero-order valence-corrected chi connectivity index (χ0v) is 13.3. The Bertz CT molecular complexity index is 520. The van der Waals surface area contributed by atoms with Crippen LogP contribution in [0.2, 0.25) is 0 Å². The van der Waals surface area contributed by atoms with E-state index in [1.165, 1.54) is 0 Å². The SMILES string of the molecule is CC(C)Oc1ccc(NC(=O)C(=O)N2CCN(C)CC2)cc1. The first-order valence-electron chi connectivity index (χ1n) is 7.51. The molecule has 2 amide bonds. The zero-order valence-electron chi connectivity index (χ0n) is 13.3. The summed E-state index contributed by atoms with van der Waals surface area (Å²) in [6, 6.07) is 7.01. The summed E-state index contributed by atoms with van der Waals surface area (Å²) >= 11 is 0. The van der Waals surface area contributed by atoms with E-state index < -0.39 is 11.8 Å². The maximum Gasteiger partial charge on any atom is 0.313 e. The lowest BCUT2D eigenvalue weighted by atomic mass is 10.3. The van der Waals surface area contributed by atoms with Crippen molar-refractivity contribution < 1.29 is 14.3 Å². The molecule has 1 aliphatic heterocycles. The lowest BCUT2D eigenvalue weighted by molar-refractivity contribution is -0.144. The molecule has 0 bridgehead atoms. The molecule has 1 aromatic carbocycles. The number of nitrogens with zero attached hydrogens (tertiary/aromatic N) is 2. The molecule has 0 atom stereocenters. The molecule has 0 aromatic heterocycles. The van der Waals surface area contributed by atoms with E-state index in [1.54, 1.807) is 29.2 Å². The predicted octanol–water partition coefficient (Wildman–Crippen LogP) is 1.19. The summed E-state index contributed by atoms with van der Waals surface area (Å²) in [6.45, 7) is 6.66. The summed E-state index contributed by atoms with van der Waals surface area (Å²) in [5.41, 5.74) is 0.587. The number of anilines is 1. The van der Waals surface area contributed by atoms with Crippen LogP contribution in [0.5, 0.6) is 5.75 Å². The Labute approximate surface area is 131 Å². The van der Waals surface area contributed by atoms with E-state index in [2.05, 4.69) is 10.2 Å². The van der Waals surface area contributed by atoms with E-state index in [0.29, 0.717) is 18.8 Å². The third-order valence-electron chi connectivity index (χ3n) is 3.47. The van der Waals surface area contributed by atoms with Crippen LogP contribution in [0.3, 0.4) is 0 Å². The van der Waals surface area contributed by atoms with Gasteiger partial charge in [-0.3, -0.25) is 9.59 Å². The van der Waals surface area contributed by atoms with Crippen molar-refractivity contribution in [1.29, 1.82) is 0 Å². The van der Waals surface area contributed by atoms with Crippen LogP contribution in [0.15, 0.2) is 24.3 Å².